The van der Waals surface area contributed by atoms with Gasteiger partial charge in [-0.2, -0.15) is 10.2 Å². The third kappa shape index (κ3) is 3.84. The molecule has 1 aromatic heterocycles. The molecule has 0 bridgehead atoms. The van der Waals surface area contributed by atoms with Gasteiger partial charge in [-0.05, 0) is 43.4 Å². The van der Waals surface area contributed by atoms with Crippen molar-refractivity contribution in [3.63, 3.8) is 0 Å². The van der Waals surface area contributed by atoms with Gasteiger partial charge in [0, 0.05) is 18.1 Å². The molecule has 0 saturated heterocycles. The molecule has 8 heteroatoms. The van der Waals surface area contributed by atoms with Crippen LogP contribution in [0.2, 0.25) is 0 Å². The predicted molar refractivity (Wildman–Crippen MR) is 119 cm³/mol. The number of fused-ring (bicyclic) bond motifs is 3. The molecule has 2 aromatic carbocycles. The number of thioether (sulfide) groups is 1. The van der Waals surface area contributed by atoms with Crippen LogP contribution in [0.5, 0.6) is 5.88 Å². The summed E-state index contributed by atoms with van der Waals surface area (Å²) in [6.45, 7) is 7.48. The van der Waals surface area contributed by atoms with Crippen molar-refractivity contribution in [2.24, 2.45) is 0 Å². The van der Waals surface area contributed by atoms with E-state index in [0.717, 1.165) is 33.7 Å². The number of carbonyl (C=O) groups is 1. The first-order chi connectivity index (χ1) is 14.9. The lowest BCUT2D eigenvalue weighted by molar-refractivity contribution is -0.118. The summed E-state index contributed by atoms with van der Waals surface area (Å²) in [5.41, 5.74) is 5.21. The molecule has 0 fully saturated rings. The lowest BCUT2D eigenvalue weighted by Crippen LogP contribution is -2.36. The number of nitrogens with zero attached hydrogens (tertiary/aromatic N) is 5. The molecule has 7 nitrogen and oxygen atoms in total. The van der Waals surface area contributed by atoms with Crippen molar-refractivity contribution in [1.82, 2.24) is 15.2 Å². The predicted octanol–water partition coefficient (Wildman–Crippen LogP) is 4.58. The van der Waals surface area contributed by atoms with Gasteiger partial charge in [0.25, 0.3) is 0 Å². The molecule has 0 saturated carbocycles. The third-order valence-corrected chi connectivity index (χ3v) is 5.69. The van der Waals surface area contributed by atoms with Crippen LogP contribution in [0.15, 0.2) is 41.6 Å². The lowest BCUT2D eigenvalue weighted by atomic mass is 10.00. The van der Waals surface area contributed by atoms with E-state index in [1.165, 1.54) is 18.7 Å². The number of carbonyl (C=O) groups excluding carboxylic acids is 1. The van der Waals surface area contributed by atoms with Gasteiger partial charge in [-0.1, -0.05) is 42.4 Å². The normalized spacial score (nSPS) is 14.7. The third-order valence-electron chi connectivity index (χ3n) is 4.97. The minimum absolute atomic E-state index is 0.175. The van der Waals surface area contributed by atoms with Crippen molar-refractivity contribution in [1.29, 1.82) is 5.26 Å². The van der Waals surface area contributed by atoms with Crippen LogP contribution in [-0.2, 0) is 4.79 Å². The van der Waals surface area contributed by atoms with Crippen LogP contribution >= 0.6 is 11.8 Å². The molecule has 0 aliphatic carbocycles. The number of aromatic nitrogens is 3. The Bertz CT molecular complexity index is 1200. The highest BCUT2D eigenvalue weighted by Gasteiger charge is 2.35. The average molecular weight is 432 g/mol. The minimum atomic E-state index is -0.761. The summed E-state index contributed by atoms with van der Waals surface area (Å²) in [5.74, 6) is 0.954. The molecule has 1 aliphatic rings. The SMILES string of the molecule is CCSc1nnc2c(n1)OC(c1ccc(C#N)cc1)N(C(C)=O)c1c(C)cc(C)cc1-2. The topological polar surface area (TPSA) is 92.0 Å². The van der Waals surface area contributed by atoms with E-state index in [1.807, 2.05) is 32.9 Å². The Hall–Kier alpha value is -3.44. The van der Waals surface area contributed by atoms with Crippen molar-refractivity contribution >= 4 is 23.4 Å². The molecule has 1 aliphatic heterocycles. The largest absolute Gasteiger partial charge is 0.447 e. The van der Waals surface area contributed by atoms with Crippen LogP contribution in [0, 0.1) is 25.2 Å². The molecule has 2 heterocycles. The van der Waals surface area contributed by atoms with Crippen molar-refractivity contribution < 1.29 is 9.53 Å². The van der Waals surface area contributed by atoms with Crippen molar-refractivity contribution in [2.75, 3.05) is 10.7 Å². The van der Waals surface area contributed by atoms with Gasteiger partial charge < -0.3 is 4.74 Å². The first-order valence-corrected chi connectivity index (χ1v) is 10.9. The van der Waals surface area contributed by atoms with E-state index in [4.69, 9.17) is 10.00 Å². The van der Waals surface area contributed by atoms with Gasteiger partial charge in [0.2, 0.25) is 23.2 Å². The Morgan fingerprint density at radius 1 is 1.23 bits per heavy atom. The Labute approximate surface area is 185 Å². The van der Waals surface area contributed by atoms with E-state index in [2.05, 4.69) is 21.3 Å². The van der Waals surface area contributed by atoms with Gasteiger partial charge in [-0.15, -0.1) is 10.2 Å². The lowest BCUT2D eigenvalue weighted by Gasteiger charge is -2.31. The maximum atomic E-state index is 12.9. The molecular formula is C23H21N5O2S. The van der Waals surface area contributed by atoms with Crippen LogP contribution < -0.4 is 9.64 Å². The van der Waals surface area contributed by atoms with Crippen LogP contribution in [0.4, 0.5) is 5.69 Å². The molecule has 3 aromatic rings. The Morgan fingerprint density at radius 3 is 2.61 bits per heavy atom. The number of benzene rings is 2. The van der Waals surface area contributed by atoms with E-state index < -0.39 is 6.23 Å². The highest BCUT2D eigenvalue weighted by atomic mass is 32.2. The summed E-state index contributed by atoms with van der Waals surface area (Å²) in [6.07, 6.45) is -0.761. The first-order valence-electron chi connectivity index (χ1n) is 9.88. The van der Waals surface area contributed by atoms with Crippen molar-refractivity contribution in [2.45, 2.75) is 39.1 Å². The number of nitriles is 1. The number of aryl methyl sites for hydroxylation is 2. The van der Waals surface area contributed by atoms with Gasteiger partial charge in [0.15, 0.2) is 5.69 Å². The molecule has 0 radical (unpaired) electrons. The fourth-order valence-electron chi connectivity index (χ4n) is 3.74. The summed E-state index contributed by atoms with van der Waals surface area (Å²) in [5, 5.41) is 18.4. The second-order valence-corrected chi connectivity index (χ2v) is 8.48. The molecule has 0 spiro atoms. The van der Waals surface area contributed by atoms with Gasteiger partial charge in [0.05, 0.1) is 17.3 Å². The second-order valence-electron chi connectivity index (χ2n) is 7.25. The summed E-state index contributed by atoms with van der Waals surface area (Å²) in [6, 6.07) is 13.1. The molecule has 0 N–H and O–H groups in total. The summed E-state index contributed by atoms with van der Waals surface area (Å²) in [7, 11) is 0. The molecule has 156 valence electrons. The van der Waals surface area contributed by atoms with E-state index in [9.17, 15) is 4.79 Å². The monoisotopic (exact) mass is 431 g/mol. The number of hydrogen-bond acceptors (Lipinski definition) is 7. The van der Waals surface area contributed by atoms with Crippen LogP contribution in [-0.4, -0.2) is 26.8 Å². The number of anilines is 1. The number of amides is 1. The summed E-state index contributed by atoms with van der Waals surface area (Å²) < 4.78 is 6.35. The van der Waals surface area contributed by atoms with Crippen LogP contribution in [0.3, 0.4) is 0 Å². The maximum Gasteiger partial charge on any atom is 0.247 e. The molecule has 1 unspecified atom stereocenters. The van der Waals surface area contributed by atoms with E-state index in [0.29, 0.717) is 22.3 Å². The molecule has 4 rings (SSSR count). The second kappa shape index (κ2) is 8.36. The number of hydrogen-bond donors (Lipinski definition) is 0. The van der Waals surface area contributed by atoms with Gasteiger partial charge in [-0.25, -0.2) is 0 Å². The van der Waals surface area contributed by atoms with Crippen LogP contribution in [0.1, 0.15) is 42.3 Å². The van der Waals surface area contributed by atoms with E-state index >= 15 is 0 Å². The van der Waals surface area contributed by atoms with Gasteiger partial charge in [-0.3, -0.25) is 9.69 Å². The quantitative estimate of drug-likeness (QED) is 0.560. The smallest absolute Gasteiger partial charge is 0.247 e. The van der Waals surface area contributed by atoms with E-state index in [1.54, 1.807) is 29.2 Å². The zero-order chi connectivity index (χ0) is 22.1. The molecule has 31 heavy (non-hydrogen) atoms. The Morgan fingerprint density at radius 2 is 1.97 bits per heavy atom. The highest BCUT2D eigenvalue weighted by molar-refractivity contribution is 7.99. The average Bonchev–Trinajstić information content (AvgIpc) is 2.88. The Kier molecular flexibility index (Phi) is 5.61. The maximum absolute atomic E-state index is 12.9. The molecular weight excluding hydrogens is 410 g/mol. The molecule has 1 atom stereocenters. The minimum Gasteiger partial charge on any atom is -0.447 e. The van der Waals surface area contributed by atoms with Gasteiger partial charge >= 0.3 is 0 Å². The van der Waals surface area contributed by atoms with Crippen molar-refractivity contribution in [3.8, 4) is 23.2 Å². The standard InChI is InChI=1S/C23H21N5O2S/c1-5-31-23-25-21-19(26-27-23)18-11-13(2)10-14(3)20(18)28(15(4)29)22(30-21)17-8-6-16(12-24)7-9-17/h6-11,22H,5H2,1-4H3. The van der Waals surface area contributed by atoms with Crippen LogP contribution in [0.25, 0.3) is 11.3 Å². The zero-order valence-corrected chi connectivity index (χ0v) is 18.5. The fraction of sp³-hybridized carbons (Fsp3) is 0.261. The highest BCUT2D eigenvalue weighted by Crippen LogP contribution is 2.45. The number of ether oxygens (including phenoxy) is 1. The zero-order valence-electron chi connectivity index (χ0n) is 17.7. The molecule has 1 amide bonds. The number of rotatable bonds is 3. The van der Waals surface area contributed by atoms with E-state index in [-0.39, 0.29) is 5.91 Å². The summed E-state index contributed by atoms with van der Waals surface area (Å²) in [4.78, 5) is 19.1. The van der Waals surface area contributed by atoms with Gasteiger partial charge in [0.1, 0.15) is 0 Å². The first kappa shape index (κ1) is 20.8. The van der Waals surface area contributed by atoms with Crippen molar-refractivity contribution in [3.05, 3.63) is 58.7 Å². The Balaban J connectivity index is 1.99. The fourth-order valence-corrected chi connectivity index (χ4v) is 4.24. The summed E-state index contributed by atoms with van der Waals surface area (Å²) >= 11 is 1.47.